The molecule has 0 bridgehead atoms. The predicted molar refractivity (Wildman–Crippen MR) is 57.6 cm³/mol. The molecule has 0 amide bonds. The topological polar surface area (TPSA) is 12.9 Å². The van der Waals surface area contributed by atoms with Crippen molar-refractivity contribution in [2.24, 2.45) is 0 Å². The van der Waals surface area contributed by atoms with Crippen LogP contribution in [0.15, 0.2) is 24.9 Å². The van der Waals surface area contributed by atoms with Crippen LogP contribution < -0.4 is 0 Å². The van der Waals surface area contributed by atoms with Crippen molar-refractivity contribution in [3.8, 4) is 0 Å². The van der Waals surface area contributed by atoms with E-state index in [2.05, 4.69) is 24.6 Å². The minimum Gasteiger partial charge on any atom is -0.261 e. The molecule has 0 saturated carbocycles. The minimum atomic E-state index is 1.08. The van der Waals surface area contributed by atoms with Gasteiger partial charge in [0.1, 0.15) is 0 Å². The molecule has 0 aliphatic rings. The number of rotatable bonds is 4. The summed E-state index contributed by atoms with van der Waals surface area (Å²) < 4.78 is 0. The van der Waals surface area contributed by atoms with Gasteiger partial charge in [0, 0.05) is 11.9 Å². The van der Waals surface area contributed by atoms with Gasteiger partial charge < -0.3 is 0 Å². The Morgan fingerprint density at radius 1 is 1.54 bits per heavy atom. The monoisotopic (exact) mass is 175 g/mol. The molecule has 0 aliphatic heterocycles. The first-order valence-corrected chi connectivity index (χ1v) is 4.85. The molecule has 1 aromatic rings. The van der Waals surface area contributed by atoms with Gasteiger partial charge in [0.15, 0.2) is 0 Å². The summed E-state index contributed by atoms with van der Waals surface area (Å²) in [5.41, 5.74) is 3.50. The van der Waals surface area contributed by atoms with Crippen LogP contribution in [0.25, 0.3) is 5.57 Å². The second-order valence-corrected chi connectivity index (χ2v) is 3.42. The van der Waals surface area contributed by atoms with Gasteiger partial charge in [0.25, 0.3) is 0 Å². The Morgan fingerprint density at radius 3 is 2.92 bits per heavy atom. The highest BCUT2D eigenvalue weighted by Gasteiger charge is 1.97. The molecule has 1 aromatic heterocycles. The van der Waals surface area contributed by atoms with E-state index in [1.54, 1.807) is 0 Å². The van der Waals surface area contributed by atoms with Crippen LogP contribution in [-0.2, 0) is 6.42 Å². The zero-order valence-electron chi connectivity index (χ0n) is 8.51. The standard InChI is InChI=1S/C12H17N/c1-4-5-6-12-9-11(10(2)3)7-8-13-12/h7-9H,2,4-6H2,1,3H3. The zero-order chi connectivity index (χ0) is 9.68. The normalized spacial score (nSPS) is 10.0. The molecule has 0 N–H and O–H groups in total. The van der Waals surface area contributed by atoms with Gasteiger partial charge >= 0.3 is 0 Å². The largest absolute Gasteiger partial charge is 0.261 e. The van der Waals surface area contributed by atoms with Crippen LogP contribution in [0.5, 0.6) is 0 Å². The highest BCUT2D eigenvalue weighted by molar-refractivity contribution is 5.60. The summed E-state index contributed by atoms with van der Waals surface area (Å²) in [6.07, 6.45) is 5.39. The Labute approximate surface area is 80.5 Å². The van der Waals surface area contributed by atoms with Gasteiger partial charge in [-0.1, -0.05) is 25.5 Å². The molecule has 0 saturated heterocycles. The average Bonchev–Trinajstić information content (AvgIpc) is 2.15. The highest BCUT2D eigenvalue weighted by atomic mass is 14.7. The summed E-state index contributed by atoms with van der Waals surface area (Å²) >= 11 is 0. The fourth-order valence-corrected chi connectivity index (χ4v) is 1.24. The number of hydrogen-bond donors (Lipinski definition) is 0. The highest BCUT2D eigenvalue weighted by Crippen LogP contribution is 2.12. The SMILES string of the molecule is C=C(C)c1ccnc(CCCC)c1. The number of pyridine rings is 1. The molecule has 70 valence electrons. The molecule has 1 nitrogen and oxygen atoms in total. The first-order chi connectivity index (χ1) is 6.24. The van der Waals surface area contributed by atoms with Crippen LogP contribution in [0.1, 0.15) is 37.9 Å². The quantitative estimate of drug-likeness (QED) is 0.683. The molecule has 0 spiro atoms. The molecular weight excluding hydrogens is 158 g/mol. The van der Waals surface area contributed by atoms with Crippen molar-refractivity contribution < 1.29 is 0 Å². The maximum Gasteiger partial charge on any atom is 0.0409 e. The van der Waals surface area contributed by atoms with Crippen molar-refractivity contribution in [3.63, 3.8) is 0 Å². The Balaban J connectivity index is 2.73. The Morgan fingerprint density at radius 2 is 2.31 bits per heavy atom. The predicted octanol–water partition coefficient (Wildman–Crippen LogP) is 3.46. The lowest BCUT2D eigenvalue weighted by Crippen LogP contribution is -1.91. The van der Waals surface area contributed by atoms with Crippen molar-refractivity contribution in [1.82, 2.24) is 4.98 Å². The lowest BCUT2D eigenvalue weighted by atomic mass is 10.1. The van der Waals surface area contributed by atoms with E-state index < -0.39 is 0 Å². The van der Waals surface area contributed by atoms with E-state index in [4.69, 9.17) is 0 Å². The van der Waals surface area contributed by atoms with E-state index in [1.807, 2.05) is 19.2 Å². The lowest BCUT2D eigenvalue weighted by Gasteiger charge is -2.02. The molecule has 1 heterocycles. The Hall–Kier alpha value is -1.11. The number of aryl methyl sites for hydroxylation is 1. The maximum atomic E-state index is 4.32. The molecule has 1 rings (SSSR count). The van der Waals surface area contributed by atoms with Crippen molar-refractivity contribution in [1.29, 1.82) is 0 Å². The van der Waals surface area contributed by atoms with E-state index >= 15 is 0 Å². The van der Waals surface area contributed by atoms with Gasteiger partial charge in [-0.2, -0.15) is 0 Å². The van der Waals surface area contributed by atoms with Gasteiger partial charge in [-0.15, -0.1) is 0 Å². The van der Waals surface area contributed by atoms with Crippen LogP contribution in [0.2, 0.25) is 0 Å². The summed E-state index contributed by atoms with van der Waals surface area (Å²) in [4.78, 5) is 4.32. The van der Waals surface area contributed by atoms with E-state index in [0.717, 1.165) is 12.0 Å². The van der Waals surface area contributed by atoms with Crippen LogP contribution in [0.3, 0.4) is 0 Å². The van der Waals surface area contributed by atoms with Crippen molar-refractivity contribution in [2.45, 2.75) is 33.1 Å². The van der Waals surface area contributed by atoms with Crippen LogP contribution in [0.4, 0.5) is 0 Å². The van der Waals surface area contributed by atoms with Gasteiger partial charge in [-0.3, -0.25) is 4.98 Å². The molecule has 0 radical (unpaired) electrons. The van der Waals surface area contributed by atoms with Crippen LogP contribution >= 0.6 is 0 Å². The Kier molecular flexibility index (Phi) is 3.69. The average molecular weight is 175 g/mol. The number of allylic oxidation sites excluding steroid dienone is 1. The van der Waals surface area contributed by atoms with E-state index in [9.17, 15) is 0 Å². The summed E-state index contributed by atoms with van der Waals surface area (Å²) in [6.45, 7) is 8.14. The molecule has 0 aliphatic carbocycles. The zero-order valence-corrected chi connectivity index (χ0v) is 8.51. The smallest absolute Gasteiger partial charge is 0.0409 e. The third kappa shape index (κ3) is 3.02. The van der Waals surface area contributed by atoms with Crippen LogP contribution in [-0.4, -0.2) is 4.98 Å². The number of hydrogen-bond acceptors (Lipinski definition) is 1. The van der Waals surface area contributed by atoms with Gasteiger partial charge in [-0.25, -0.2) is 0 Å². The van der Waals surface area contributed by atoms with E-state index in [1.165, 1.54) is 24.1 Å². The summed E-state index contributed by atoms with van der Waals surface area (Å²) in [5.74, 6) is 0. The van der Waals surface area contributed by atoms with E-state index in [-0.39, 0.29) is 0 Å². The molecule has 0 atom stereocenters. The van der Waals surface area contributed by atoms with Crippen LogP contribution in [0, 0.1) is 0 Å². The summed E-state index contributed by atoms with van der Waals surface area (Å²) in [5, 5.41) is 0. The Bertz CT molecular complexity index is 289. The third-order valence-corrected chi connectivity index (χ3v) is 2.10. The molecule has 1 heteroatoms. The lowest BCUT2D eigenvalue weighted by molar-refractivity contribution is 0.776. The van der Waals surface area contributed by atoms with Crippen molar-refractivity contribution >= 4 is 5.57 Å². The van der Waals surface area contributed by atoms with Gasteiger partial charge in [0.2, 0.25) is 0 Å². The molecule has 0 unspecified atom stereocenters. The molecule has 0 fully saturated rings. The summed E-state index contributed by atoms with van der Waals surface area (Å²) in [7, 11) is 0. The second kappa shape index (κ2) is 4.80. The second-order valence-electron chi connectivity index (χ2n) is 3.42. The first-order valence-electron chi connectivity index (χ1n) is 4.85. The van der Waals surface area contributed by atoms with Gasteiger partial charge in [-0.05, 0) is 37.5 Å². The number of unbranched alkanes of at least 4 members (excludes halogenated alkanes) is 1. The fourth-order valence-electron chi connectivity index (χ4n) is 1.24. The fraction of sp³-hybridized carbons (Fsp3) is 0.417. The molecule has 13 heavy (non-hydrogen) atoms. The molecular formula is C12H17N. The number of aromatic nitrogens is 1. The minimum absolute atomic E-state index is 1.08. The molecule has 0 aromatic carbocycles. The van der Waals surface area contributed by atoms with Crippen molar-refractivity contribution in [2.75, 3.05) is 0 Å². The summed E-state index contributed by atoms with van der Waals surface area (Å²) in [6, 6.07) is 4.15. The maximum absolute atomic E-state index is 4.32. The number of nitrogens with zero attached hydrogens (tertiary/aromatic N) is 1. The van der Waals surface area contributed by atoms with Crippen molar-refractivity contribution in [3.05, 3.63) is 36.2 Å². The van der Waals surface area contributed by atoms with E-state index in [0.29, 0.717) is 0 Å². The first kappa shape index (κ1) is 9.97. The third-order valence-electron chi connectivity index (χ3n) is 2.10. The van der Waals surface area contributed by atoms with Gasteiger partial charge in [0.05, 0.1) is 0 Å².